The SMILES string of the molecule is CCC(CC)C(=O)NCCN(C(C)=O)c1ccc(NC(C)=O)cc1. The Balaban J connectivity index is 2.66. The molecule has 2 N–H and O–H groups in total. The number of hydrogen-bond acceptors (Lipinski definition) is 3. The topological polar surface area (TPSA) is 78.5 Å². The van der Waals surface area contributed by atoms with E-state index in [-0.39, 0.29) is 23.6 Å². The van der Waals surface area contributed by atoms with E-state index >= 15 is 0 Å². The molecule has 0 saturated heterocycles. The first-order valence-electron chi connectivity index (χ1n) is 8.32. The molecule has 132 valence electrons. The van der Waals surface area contributed by atoms with Crippen molar-refractivity contribution in [3.63, 3.8) is 0 Å². The Morgan fingerprint density at radius 1 is 1.04 bits per heavy atom. The summed E-state index contributed by atoms with van der Waals surface area (Å²) in [5, 5.41) is 5.57. The lowest BCUT2D eigenvalue weighted by molar-refractivity contribution is -0.125. The molecular weight excluding hydrogens is 306 g/mol. The first kappa shape index (κ1) is 19.7. The van der Waals surface area contributed by atoms with E-state index in [1.165, 1.54) is 13.8 Å². The Labute approximate surface area is 143 Å². The third-order valence-electron chi connectivity index (χ3n) is 3.87. The van der Waals surface area contributed by atoms with Crippen molar-refractivity contribution in [2.75, 3.05) is 23.3 Å². The highest BCUT2D eigenvalue weighted by atomic mass is 16.2. The number of hydrogen-bond donors (Lipinski definition) is 2. The number of anilines is 2. The fraction of sp³-hybridized carbons (Fsp3) is 0.500. The Kier molecular flexibility index (Phi) is 7.95. The van der Waals surface area contributed by atoms with E-state index in [4.69, 9.17) is 0 Å². The number of amides is 3. The molecule has 6 heteroatoms. The predicted octanol–water partition coefficient (Wildman–Crippen LogP) is 2.55. The van der Waals surface area contributed by atoms with E-state index in [0.29, 0.717) is 18.8 Å². The second-order valence-electron chi connectivity index (χ2n) is 5.70. The summed E-state index contributed by atoms with van der Waals surface area (Å²) in [6.07, 6.45) is 1.62. The second kappa shape index (κ2) is 9.70. The molecule has 0 fully saturated rings. The van der Waals surface area contributed by atoms with Crippen molar-refractivity contribution in [2.24, 2.45) is 5.92 Å². The first-order valence-corrected chi connectivity index (χ1v) is 8.32. The minimum atomic E-state index is -0.143. The van der Waals surface area contributed by atoms with Crippen LogP contribution in [-0.4, -0.2) is 30.8 Å². The van der Waals surface area contributed by atoms with E-state index < -0.39 is 0 Å². The summed E-state index contributed by atoms with van der Waals surface area (Å²) in [7, 11) is 0. The van der Waals surface area contributed by atoms with Crippen molar-refractivity contribution in [1.82, 2.24) is 5.32 Å². The van der Waals surface area contributed by atoms with Crippen LogP contribution in [0, 0.1) is 5.92 Å². The molecule has 0 heterocycles. The van der Waals surface area contributed by atoms with E-state index in [0.717, 1.165) is 18.5 Å². The zero-order valence-corrected chi connectivity index (χ0v) is 14.9. The molecule has 24 heavy (non-hydrogen) atoms. The quantitative estimate of drug-likeness (QED) is 0.767. The molecule has 0 atom stereocenters. The maximum Gasteiger partial charge on any atom is 0.223 e. The number of nitrogens with one attached hydrogen (secondary N) is 2. The molecule has 0 aromatic heterocycles. The fourth-order valence-electron chi connectivity index (χ4n) is 2.49. The summed E-state index contributed by atoms with van der Waals surface area (Å²) >= 11 is 0. The summed E-state index contributed by atoms with van der Waals surface area (Å²) in [5.41, 5.74) is 1.41. The average Bonchev–Trinajstić information content (AvgIpc) is 2.53. The first-order chi connectivity index (χ1) is 11.4. The van der Waals surface area contributed by atoms with Crippen molar-refractivity contribution in [2.45, 2.75) is 40.5 Å². The molecular formula is C18H27N3O3. The second-order valence-corrected chi connectivity index (χ2v) is 5.70. The highest BCUT2D eigenvalue weighted by molar-refractivity contribution is 5.93. The number of carbonyl (C=O) groups excluding carboxylic acids is 3. The van der Waals surface area contributed by atoms with Crippen LogP contribution in [0.2, 0.25) is 0 Å². The van der Waals surface area contributed by atoms with Gasteiger partial charge < -0.3 is 15.5 Å². The average molecular weight is 333 g/mol. The highest BCUT2D eigenvalue weighted by Crippen LogP contribution is 2.18. The van der Waals surface area contributed by atoms with Gasteiger partial charge in [0.2, 0.25) is 17.7 Å². The summed E-state index contributed by atoms with van der Waals surface area (Å²) in [5.74, 6) is -0.188. The molecule has 1 rings (SSSR count). The summed E-state index contributed by atoms with van der Waals surface area (Å²) in [4.78, 5) is 36.5. The number of benzene rings is 1. The molecule has 0 aliphatic heterocycles. The Morgan fingerprint density at radius 2 is 1.62 bits per heavy atom. The molecule has 0 aliphatic rings. The third-order valence-corrected chi connectivity index (χ3v) is 3.87. The van der Waals surface area contributed by atoms with E-state index in [1.807, 2.05) is 13.8 Å². The lowest BCUT2D eigenvalue weighted by Gasteiger charge is -2.22. The molecule has 1 aromatic rings. The van der Waals surface area contributed by atoms with Crippen LogP contribution in [0.5, 0.6) is 0 Å². The maximum atomic E-state index is 12.0. The number of nitrogens with zero attached hydrogens (tertiary/aromatic N) is 1. The summed E-state index contributed by atoms with van der Waals surface area (Å²) in [6.45, 7) is 7.73. The van der Waals surface area contributed by atoms with Crippen LogP contribution in [0.15, 0.2) is 24.3 Å². The molecule has 1 aromatic carbocycles. The van der Waals surface area contributed by atoms with Gasteiger partial charge in [-0.1, -0.05) is 13.8 Å². The van der Waals surface area contributed by atoms with Gasteiger partial charge in [-0.25, -0.2) is 0 Å². The number of rotatable bonds is 8. The Hall–Kier alpha value is -2.37. The molecule has 0 spiro atoms. The van der Waals surface area contributed by atoms with Gasteiger partial charge in [-0.15, -0.1) is 0 Å². The van der Waals surface area contributed by atoms with Crippen LogP contribution >= 0.6 is 0 Å². The van der Waals surface area contributed by atoms with E-state index in [2.05, 4.69) is 10.6 Å². The lowest BCUT2D eigenvalue weighted by Crippen LogP contribution is -2.39. The summed E-state index contributed by atoms with van der Waals surface area (Å²) < 4.78 is 0. The Bertz CT molecular complexity index is 565. The van der Waals surface area contributed by atoms with Gasteiger partial charge in [0, 0.05) is 44.2 Å². The lowest BCUT2D eigenvalue weighted by atomic mass is 10.0. The van der Waals surface area contributed by atoms with Crippen molar-refractivity contribution >= 4 is 29.1 Å². The Morgan fingerprint density at radius 3 is 2.08 bits per heavy atom. The zero-order valence-electron chi connectivity index (χ0n) is 14.9. The smallest absolute Gasteiger partial charge is 0.223 e. The van der Waals surface area contributed by atoms with E-state index in [1.54, 1.807) is 29.2 Å². The van der Waals surface area contributed by atoms with Crippen molar-refractivity contribution in [3.05, 3.63) is 24.3 Å². The monoisotopic (exact) mass is 333 g/mol. The van der Waals surface area contributed by atoms with Gasteiger partial charge in [0.1, 0.15) is 0 Å². The van der Waals surface area contributed by atoms with Crippen LogP contribution in [-0.2, 0) is 14.4 Å². The molecule has 6 nitrogen and oxygen atoms in total. The maximum absolute atomic E-state index is 12.0. The van der Waals surface area contributed by atoms with Crippen LogP contribution in [0.25, 0.3) is 0 Å². The molecule has 0 radical (unpaired) electrons. The van der Waals surface area contributed by atoms with Gasteiger partial charge in [0.05, 0.1) is 0 Å². The summed E-state index contributed by atoms with van der Waals surface area (Å²) in [6, 6.07) is 7.04. The molecule has 0 saturated carbocycles. The van der Waals surface area contributed by atoms with Crippen LogP contribution < -0.4 is 15.5 Å². The normalized spacial score (nSPS) is 10.4. The van der Waals surface area contributed by atoms with Gasteiger partial charge in [0.15, 0.2) is 0 Å². The van der Waals surface area contributed by atoms with Crippen LogP contribution in [0.3, 0.4) is 0 Å². The van der Waals surface area contributed by atoms with Crippen LogP contribution in [0.4, 0.5) is 11.4 Å². The van der Waals surface area contributed by atoms with Gasteiger partial charge in [-0.05, 0) is 37.1 Å². The molecule has 0 aliphatic carbocycles. The largest absolute Gasteiger partial charge is 0.354 e. The van der Waals surface area contributed by atoms with Crippen molar-refractivity contribution < 1.29 is 14.4 Å². The van der Waals surface area contributed by atoms with E-state index in [9.17, 15) is 14.4 Å². The molecule has 3 amide bonds. The van der Waals surface area contributed by atoms with Crippen LogP contribution in [0.1, 0.15) is 40.5 Å². The predicted molar refractivity (Wildman–Crippen MR) is 95.9 cm³/mol. The molecule has 0 unspecified atom stereocenters. The molecule has 0 bridgehead atoms. The highest BCUT2D eigenvalue weighted by Gasteiger charge is 2.15. The minimum absolute atomic E-state index is 0.0210. The van der Waals surface area contributed by atoms with Gasteiger partial charge in [0.25, 0.3) is 0 Å². The third kappa shape index (κ3) is 6.02. The van der Waals surface area contributed by atoms with Gasteiger partial charge in [-0.2, -0.15) is 0 Å². The van der Waals surface area contributed by atoms with Gasteiger partial charge in [-0.3, -0.25) is 14.4 Å². The van der Waals surface area contributed by atoms with Crippen molar-refractivity contribution in [3.8, 4) is 0 Å². The van der Waals surface area contributed by atoms with Crippen molar-refractivity contribution in [1.29, 1.82) is 0 Å². The number of carbonyl (C=O) groups is 3. The van der Waals surface area contributed by atoms with Gasteiger partial charge >= 0.3 is 0 Å². The fourth-order valence-corrected chi connectivity index (χ4v) is 2.49. The minimum Gasteiger partial charge on any atom is -0.354 e. The zero-order chi connectivity index (χ0) is 18.1. The standard InChI is InChI=1S/C18H27N3O3/c1-5-15(6-2)18(24)19-11-12-21(14(4)23)17-9-7-16(8-10-17)20-13(3)22/h7-10,15H,5-6,11-12H2,1-4H3,(H,19,24)(H,20,22).